The highest BCUT2D eigenvalue weighted by molar-refractivity contribution is 5.85. The van der Waals surface area contributed by atoms with E-state index in [2.05, 4.69) is 40.7 Å². The second-order valence-corrected chi connectivity index (χ2v) is 6.20. The van der Waals surface area contributed by atoms with Crippen molar-refractivity contribution in [2.75, 3.05) is 13.6 Å². The highest BCUT2D eigenvalue weighted by Crippen LogP contribution is 2.19. The molecule has 26 heavy (non-hydrogen) atoms. The van der Waals surface area contributed by atoms with Crippen molar-refractivity contribution in [2.24, 2.45) is 7.05 Å². The van der Waals surface area contributed by atoms with E-state index in [0.29, 0.717) is 13.1 Å². The smallest absolute Gasteiger partial charge is 0.244 e. The molecule has 1 aromatic heterocycles. The van der Waals surface area contributed by atoms with Gasteiger partial charge >= 0.3 is 0 Å². The number of carbonyl (C=O) groups excluding carboxylic acids is 1. The lowest BCUT2D eigenvalue weighted by atomic mass is 10.1. The molecule has 3 aromatic rings. The Balaban J connectivity index is 0.00000243. The largest absolute Gasteiger partial charge is 0.337 e. The lowest BCUT2D eigenvalue weighted by Gasteiger charge is -2.26. The normalized spacial score (nSPS) is 11.8. The van der Waals surface area contributed by atoms with Gasteiger partial charge in [0, 0.05) is 31.9 Å². The van der Waals surface area contributed by atoms with Crippen molar-refractivity contribution in [1.29, 1.82) is 0 Å². The van der Waals surface area contributed by atoms with Crippen LogP contribution in [-0.4, -0.2) is 34.2 Å². The first-order valence-corrected chi connectivity index (χ1v) is 8.54. The molecule has 0 aliphatic carbocycles. The molecule has 138 valence electrons. The molecule has 0 fully saturated rings. The van der Waals surface area contributed by atoms with E-state index in [1.54, 1.807) is 17.9 Å². The van der Waals surface area contributed by atoms with Gasteiger partial charge in [0.25, 0.3) is 0 Å². The standard InChI is InChI=1S/C20H24N4O.ClH/c1-4-24(20(25)19(21-2)18-12-22-23(3)14-18)13-15-9-10-16-7-5-6-8-17(16)11-15;/h5-12,14,19,21H,4,13H2,1-3H3;1H. The van der Waals surface area contributed by atoms with Crippen LogP contribution in [0.1, 0.15) is 24.1 Å². The van der Waals surface area contributed by atoms with E-state index >= 15 is 0 Å². The van der Waals surface area contributed by atoms with E-state index in [0.717, 1.165) is 11.1 Å². The van der Waals surface area contributed by atoms with Crippen LogP contribution >= 0.6 is 12.4 Å². The van der Waals surface area contributed by atoms with Crippen molar-refractivity contribution in [2.45, 2.75) is 19.5 Å². The Morgan fingerprint density at radius 3 is 2.58 bits per heavy atom. The van der Waals surface area contributed by atoms with Crippen molar-refractivity contribution in [1.82, 2.24) is 20.0 Å². The number of halogens is 1. The van der Waals surface area contributed by atoms with Crippen LogP contribution in [0.25, 0.3) is 10.8 Å². The highest BCUT2D eigenvalue weighted by atomic mass is 35.5. The zero-order valence-corrected chi connectivity index (χ0v) is 16.2. The van der Waals surface area contributed by atoms with E-state index in [1.807, 2.05) is 37.2 Å². The summed E-state index contributed by atoms with van der Waals surface area (Å²) in [6.07, 6.45) is 3.62. The van der Waals surface area contributed by atoms with Gasteiger partial charge in [0.15, 0.2) is 0 Å². The fourth-order valence-electron chi connectivity index (χ4n) is 3.11. The summed E-state index contributed by atoms with van der Waals surface area (Å²) >= 11 is 0. The molecule has 0 radical (unpaired) electrons. The lowest BCUT2D eigenvalue weighted by molar-refractivity contribution is -0.133. The van der Waals surface area contributed by atoms with Crippen LogP contribution in [0.3, 0.4) is 0 Å². The van der Waals surface area contributed by atoms with Crippen molar-refractivity contribution in [3.63, 3.8) is 0 Å². The van der Waals surface area contributed by atoms with Gasteiger partial charge in [0.2, 0.25) is 5.91 Å². The van der Waals surface area contributed by atoms with Gasteiger partial charge in [0.1, 0.15) is 6.04 Å². The fourth-order valence-corrected chi connectivity index (χ4v) is 3.11. The molecule has 2 aromatic carbocycles. The number of hydrogen-bond acceptors (Lipinski definition) is 3. The molecule has 0 aliphatic heterocycles. The molecule has 1 unspecified atom stereocenters. The molecule has 1 N–H and O–H groups in total. The van der Waals surface area contributed by atoms with Crippen molar-refractivity contribution < 1.29 is 4.79 Å². The molecule has 1 amide bonds. The van der Waals surface area contributed by atoms with Crippen molar-refractivity contribution in [3.8, 4) is 0 Å². The number of rotatable bonds is 6. The third-order valence-corrected chi connectivity index (χ3v) is 4.47. The minimum Gasteiger partial charge on any atom is -0.337 e. The van der Waals surface area contributed by atoms with E-state index < -0.39 is 0 Å². The number of benzene rings is 2. The van der Waals surface area contributed by atoms with Crippen LogP contribution in [0.2, 0.25) is 0 Å². The summed E-state index contributed by atoms with van der Waals surface area (Å²) in [5, 5.41) is 9.70. The Kier molecular flexibility index (Phi) is 6.77. The number of nitrogens with zero attached hydrogens (tertiary/aromatic N) is 3. The SMILES string of the molecule is CCN(Cc1ccc2ccccc2c1)C(=O)C(NC)c1cnn(C)c1.Cl. The maximum Gasteiger partial charge on any atom is 0.244 e. The second-order valence-electron chi connectivity index (χ2n) is 6.20. The van der Waals surface area contributed by atoms with Gasteiger partial charge in [-0.2, -0.15) is 5.10 Å². The van der Waals surface area contributed by atoms with Crippen LogP contribution in [0, 0.1) is 0 Å². The number of amides is 1. The molecule has 3 rings (SSSR count). The van der Waals surface area contributed by atoms with E-state index in [-0.39, 0.29) is 24.4 Å². The Morgan fingerprint density at radius 2 is 1.96 bits per heavy atom. The zero-order valence-electron chi connectivity index (χ0n) is 15.3. The minimum absolute atomic E-state index is 0. The Hall–Kier alpha value is -2.37. The molecule has 0 bridgehead atoms. The molecule has 0 spiro atoms. The number of aryl methyl sites for hydroxylation is 1. The molecule has 1 atom stereocenters. The molecule has 1 heterocycles. The van der Waals surface area contributed by atoms with E-state index in [1.165, 1.54) is 10.8 Å². The quantitative estimate of drug-likeness (QED) is 0.722. The summed E-state index contributed by atoms with van der Waals surface area (Å²) in [4.78, 5) is 14.9. The van der Waals surface area contributed by atoms with Crippen molar-refractivity contribution >= 4 is 29.1 Å². The molecule has 0 aliphatic rings. The third-order valence-electron chi connectivity index (χ3n) is 4.47. The summed E-state index contributed by atoms with van der Waals surface area (Å²) in [7, 11) is 3.66. The predicted octanol–water partition coefficient (Wildman–Crippen LogP) is 3.30. The summed E-state index contributed by atoms with van der Waals surface area (Å²) in [5.41, 5.74) is 2.02. The van der Waals surface area contributed by atoms with Gasteiger partial charge in [-0.15, -0.1) is 12.4 Å². The Labute approximate surface area is 160 Å². The van der Waals surface area contributed by atoms with Crippen molar-refractivity contribution in [3.05, 3.63) is 66.0 Å². The molecule has 5 nitrogen and oxygen atoms in total. The van der Waals surface area contributed by atoms with Crippen LogP contribution in [-0.2, 0) is 18.4 Å². The number of nitrogens with one attached hydrogen (secondary N) is 1. The first-order valence-electron chi connectivity index (χ1n) is 8.54. The average Bonchev–Trinajstić information content (AvgIpc) is 3.06. The van der Waals surface area contributed by atoms with Gasteiger partial charge in [-0.1, -0.05) is 36.4 Å². The van der Waals surface area contributed by atoms with Crippen LogP contribution in [0.15, 0.2) is 54.9 Å². The number of aromatic nitrogens is 2. The van der Waals surface area contributed by atoms with Gasteiger partial charge in [-0.3, -0.25) is 9.48 Å². The maximum absolute atomic E-state index is 13.0. The first kappa shape index (κ1) is 19.9. The van der Waals surface area contributed by atoms with E-state index in [4.69, 9.17) is 0 Å². The van der Waals surface area contributed by atoms with Crippen LogP contribution in [0.5, 0.6) is 0 Å². The minimum atomic E-state index is -0.380. The Morgan fingerprint density at radius 1 is 1.23 bits per heavy atom. The van der Waals surface area contributed by atoms with Crippen LogP contribution < -0.4 is 5.32 Å². The number of hydrogen-bond donors (Lipinski definition) is 1. The highest BCUT2D eigenvalue weighted by Gasteiger charge is 2.25. The van der Waals surface area contributed by atoms with Gasteiger partial charge in [-0.05, 0) is 36.4 Å². The summed E-state index contributed by atoms with van der Waals surface area (Å²) < 4.78 is 1.71. The monoisotopic (exact) mass is 372 g/mol. The maximum atomic E-state index is 13.0. The van der Waals surface area contributed by atoms with E-state index in [9.17, 15) is 4.79 Å². The molecular weight excluding hydrogens is 348 g/mol. The van der Waals surface area contributed by atoms with Crippen LogP contribution in [0.4, 0.5) is 0 Å². The number of fused-ring (bicyclic) bond motifs is 1. The summed E-state index contributed by atoms with van der Waals surface area (Å²) in [6, 6.07) is 14.3. The third kappa shape index (κ3) is 4.23. The fraction of sp³-hybridized carbons (Fsp3) is 0.300. The van der Waals surface area contributed by atoms with Gasteiger partial charge < -0.3 is 10.2 Å². The summed E-state index contributed by atoms with van der Waals surface area (Å²) in [5.74, 6) is 0.0613. The molecule has 6 heteroatoms. The molecular formula is C20H25ClN4O. The first-order chi connectivity index (χ1) is 12.1. The average molecular weight is 373 g/mol. The Bertz CT molecular complexity index is 877. The molecule has 0 saturated heterocycles. The number of carbonyl (C=O) groups is 1. The lowest BCUT2D eigenvalue weighted by Crippen LogP contribution is -2.39. The zero-order chi connectivity index (χ0) is 17.8. The second kappa shape index (κ2) is 8.83. The topological polar surface area (TPSA) is 50.2 Å². The van der Waals surface area contributed by atoms with Gasteiger partial charge in [-0.25, -0.2) is 0 Å². The van der Waals surface area contributed by atoms with Gasteiger partial charge in [0.05, 0.1) is 6.20 Å². The predicted molar refractivity (Wildman–Crippen MR) is 107 cm³/mol. The summed E-state index contributed by atoms with van der Waals surface area (Å²) in [6.45, 7) is 3.26. The number of likely N-dealkylation sites (N-methyl/N-ethyl adjacent to an activating group) is 2. The molecule has 0 saturated carbocycles.